The molecule has 3 nitrogen and oxygen atoms in total. The Balaban J connectivity index is 2.11. The van der Waals surface area contributed by atoms with Crippen LogP contribution in [0.5, 0.6) is 0 Å². The first kappa shape index (κ1) is 12.3. The summed E-state index contributed by atoms with van der Waals surface area (Å²) < 4.78 is 4.35. The van der Waals surface area contributed by atoms with Crippen LogP contribution in [0.15, 0.2) is 28.9 Å². The van der Waals surface area contributed by atoms with Crippen molar-refractivity contribution < 1.29 is 0 Å². The third-order valence-corrected chi connectivity index (χ3v) is 4.49. The van der Waals surface area contributed by atoms with Gasteiger partial charge in [-0.1, -0.05) is 11.6 Å². The Morgan fingerprint density at radius 2 is 2.33 bits per heavy atom. The smallest absolute Gasteiger partial charge is 0.179 e. The van der Waals surface area contributed by atoms with Crippen LogP contribution in [0.2, 0.25) is 4.34 Å². The molecule has 0 saturated heterocycles. The van der Waals surface area contributed by atoms with E-state index in [2.05, 4.69) is 25.9 Å². The molecule has 0 spiro atoms. The van der Waals surface area contributed by atoms with Gasteiger partial charge in [-0.2, -0.15) is 0 Å². The molecule has 0 atom stereocenters. The van der Waals surface area contributed by atoms with Crippen LogP contribution in [0.3, 0.4) is 0 Å². The highest BCUT2D eigenvalue weighted by Gasteiger charge is 2.08. The van der Waals surface area contributed by atoms with E-state index >= 15 is 0 Å². The van der Waals surface area contributed by atoms with Gasteiger partial charge in [0.15, 0.2) is 10.4 Å². The highest BCUT2D eigenvalue weighted by Crippen LogP contribution is 2.24. The number of nitrogens with one attached hydrogen (secondary N) is 1. The van der Waals surface area contributed by atoms with Crippen LogP contribution in [0.25, 0.3) is 11.2 Å². The van der Waals surface area contributed by atoms with E-state index in [4.69, 9.17) is 23.8 Å². The molecule has 0 aliphatic heterocycles. The summed E-state index contributed by atoms with van der Waals surface area (Å²) in [5, 5.41) is 0. The van der Waals surface area contributed by atoms with Crippen LogP contribution < -0.4 is 0 Å². The van der Waals surface area contributed by atoms with E-state index in [0.717, 1.165) is 24.9 Å². The fourth-order valence-corrected chi connectivity index (χ4v) is 3.43. The number of fused-ring (bicyclic) bond motifs is 1. The minimum Gasteiger partial charge on any atom is -0.329 e. The average molecular weight is 361 g/mol. The standard InChI is InChI=1S/C11H7BrClN3S2/c12-6-3-8-10(14-4-6)16(11(17)15-8)5-7-1-2-9(13)18-7/h1-4H,5H2,(H,15,17). The minimum absolute atomic E-state index is 0.667. The Bertz CT molecular complexity index is 774. The van der Waals surface area contributed by atoms with Gasteiger partial charge in [0, 0.05) is 15.5 Å². The molecule has 0 radical (unpaired) electrons. The molecule has 0 aliphatic carbocycles. The number of aromatic nitrogens is 3. The number of imidazole rings is 1. The molecule has 7 heteroatoms. The van der Waals surface area contributed by atoms with Gasteiger partial charge in [0.1, 0.15) is 0 Å². The van der Waals surface area contributed by atoms with Crippen molar-refractivity contribution in [1.29, 1.82) is 0 Å². The SMILES string of the molecule is S=c1[nH]c2cc(Br)cnc2n1Cc1ccc(Cl)s1. The molecule has 0 saturated carbocycles. The number of pyridine rings is 1. The first-order chi connectivity index (χ1) is 8.63. The molecule has 3 aromatic rings. The predicted molar refractivity (Wildman–Crippen MR) is 81.0 cm³/mol. The van der Waals surface area contributed by atoms with Gasteiger partial charge in [0.2, 0.25) is 0 Å². The van der Waals surface area contributed by atoms with Crippen LogP contribution in [0.1, 0.15) is 4.88 Å². The van der Waals surface area contributed by atoms with Gasteiger partial charge >= 0.3 is 0 Å². The fourth-order valence-electron chi connectivity index (χ4n) is 1.76. The molecule has 1 N–H and O–H groups in total. The molecule has 3 rings (SSSR count). The van der Waals surface area contributed by atoms with Gasteiger partial charge in [-0.05, 0) is 46.3 Å². The van der Waals surface area contributed by atoms with Crippen molar-refractivity contribution in [3.05, 3.63) is 42.9 Å². The van der Waals surface area contributed by atoms with Crippen LogP contribution in [0.4, 0.5) is 0 Å². The van der Waals surface area contributed by atoms with Crippen LogP contribution >= 0.6 is 51.1 Å². The number of hydrogen-bond acceptors (Lipinski definition) is 3. The third-order valence-electron chi connectivity index (χ3n) is 2.52. The van der Waals surface area contributed by atoms with E-state index < -0.39 is 0 Å². The maximum Gasteiger partial charge on any atom is 0.179 e. The Labute approximate surface area is 126 Å². The van der Waals surface area contributed by atoms with Gasteiger partial charge in [0.25, 0.3) is 0 Å². The molecule has 0 aliphatic rings. The summed E-state index contributed by atoms with van der Waals surface area (Å²) >= 11 is 16.2. The van der Waals surface area contributed by atoms with Crippen molar-refractivity contribution in [3.63, 3.8) is 0 Å². The second-order valence-electron chi connectivity index (χ2n) is 3.75. The van der Waals surface area contributed by atoms with Crippen molar-refractivity contribution in [2.24, 2.45) is 0 Å². The molecular weight excluding hydrogens is 354 g/mol. The fraction of sp³-hybridized carbons (Fsp3) is 0.0909. The van der Waals surface area contributed by atoms with E-state index in [1.54, 1.807) is 17.5 Å². The Morgan fingerprint density at radius 1 is 1.50 bits per heavy atom. The van der Waals surface area contributed by atoms with Crippen LogP contribution in [-0.2, 0) is 6.54 Å². The molecule has 3 aromatic heterocycles. The molecule has 0 fully saturated rings. The average Bonchev–Trinajstić information content (AvgIpc) is 2.84. The van der Waals surface area contributed by atoms with Gasteiger partial charge in [-0.15, -0.1) is 11.3 Å². The second-order valence-corrected chi connectivity index (χ2v) is 6.85. The van der Waals surface area contributed by atoms with Gasteiger partial charge in [-0.3, -0.25) is 4.57 Å². The zero-order chi connectivity index (χ0) is 12.7. The summed E-state index contributed by atoms with van der Waals surface area (Å²) in [6, 6.07) is 5.87. The van der Waals surface area contributed by atoms with Crippen molar-refractivity contribution in [2.45, 2.75) is 6.54 Å². The van der Waals surface area contributed by atoms with Gasteiger partial charge < -0.3 is 4.98 Å². The van der Waals surface area contributed by atoms with E-state index in [-0.39, 0.29) is 0 Å². The third kappa shape index (κ3) is 2.25. The lowest BCUT2D eigenvalue weighted by atomic mass is 10.4. The van der Waals surface area contributed by atoms with Gasteiger partial charge in [0.05, 0.1) is 16.4 Å². The highest BCUT2D eigenvalue weighted by molar-refractivity contribution is 9.10. The molecule has 3 heterocycles. The van der Waals surface area contributed by atoms with Gasteiger partial charge in [-0.25, -0.2) is 4.98 Å². The zero-order valence-electron chi connectivity index (χ0n) is 8.98. The Hall–Kier alpha value is -0.690. The predicted octanol–water partition coefficient (Wildman–Crippen LogP) is 4.62. The van der Waals surface area contributed by atoms with Crippen LogP contribution in [-0.4, -0.2) is 14.5 Å². The minimum atomic E-state index is 0.667. The van der Waals surface area contributed by atoms with Crippen molar-refractivity contribution in [3.8, 4) is 0 Å². The lowest BCUT2D eigenvalue weighted by molar-refractivity contribution is 0.813. The molecule has 0 aromatic carbocycles. The normalized spacial score (nSPS) is 11.2. The van der Waals surface area contributed by atoms with Crippen LogP contribution in [0, 0.1) is 4.77 Å². The van der Waals surface area contributed by atoms with Crippen molar-refractivity contribution in [2.75, 3.05) is 0 Å². The number of halogens is 2. The lowest BCUT2D eigenvalue weighted by Crippen LogP contribution is -1.98. The molecular formula is C11H7BrClN3S2. The number of thiophene rings is 1. The number of H-pyrrole nitrogens is 1. The quantitative estimate of drug-likeness (QED) is 0.677. The monoisotopic (exact) mass is 359 g/mol. The molecule has 0 bridgehead atoms. The second kappa shape index (κ2) is 4.77. The van der Waals surface area contributed by atoms with E-state index in [1.807, 2.05) is 22.8 Å². The summed E-state index contributed by atoms with van der Waals surface area (Å²) in [4.78, 5) is 8.70. The summed E-state index contributed by atoms with van der Waals surface area (Å²) in [7, 11) is 0. The number of rotatable bonds is 2. The summed E-state index contributed by atoms with van der Waals surface area (Å²) in [5.41, 5.74) is 1.78. The highest BCUT2D eigenvalue weighted by atomic mass is 79.9. The number of hydrogen-bond donors (Lipinski definition) is 1. The van der Waals surface area contributed by atoms with E-state index in [9.17, 15) is 0 Å². The first-order valence-corrected chi connectivity index (χ1v) is 7.51. The summed E-state index contributed by atoms with van der Waals surface area (Å²) in [5.74, 6) is 0. The largest absolute Gasteiger partial charge is 0.329 e. The molecule has 0 unspecified atom stereocenters. The summed E-state index contributed by atoms with van der Waals surface area (Å²) in [6.45, 7) is 0.685. The summed E-state index contributed by atoms with van der Waals surface area (Å²) in [6.07, 6.45) is 1.77. The Kier molecular flexibility index (Phi) is 3.27. The molecule has 0 amide bonds. The topological polar surface area (TPSA) is 33.6 Å². The Morgan fingerprint density at radius 3 is 3.06 bits per heavy atom. The first-order valence-electron chi connectivity index (χ1n) is 5.12. The molecule has 92 valence electrons. The number of aromatic amines is 1. The lowest BCUT2D eigenvalue weighted by Gasteiger charge is -2.01. The van der Waals surface area contributed by atoms with E-state index in [0.29, 0.717) is 11.3 Å². The number of nitrogens with zero attached hydrogens (tertiary/aromatic N) is 2. The zero-order valence-corrected chi connectivity index (χ0v) is 13.0. The maximum atomic E-state index is 5.93. The maximum absolute atomic E-state index is 5.93. The van der Waals surface area contributed by atoms with E-state index in [1.165, 1.54) is 0 Å². The molecule has 18 heavy (non-hydrogen) atoms. The van der Waals surface area contributed by atoms with Crippen molar-refractivity contribution in [1.82, 2.24) is 14.5 Å². The van der Waals surface area contributed by atoms with Crippen molar-refractivity contribution >= 4 is 62.2 Å².